The van der Waals surface area contributed by atoms with E-state index < -0.39 is 0 Å². The summed E-state index contributed by atoms with van der Waals surface area (Å²) < 4.78 is 5.42. The Morgan fingerprint density at radius 2 is 2.06 bits per heavy atom. The third kappa shape index (κ3) is 2.88. The highest BCUT2D eigenvalue weighted by Gasteiger charge is 2.27. The van der Waals surface area contributed by atoms with Crippen LogP contribution in [0.4, 0.5) is 0 Å². The van der Waals surface area contributed by atoms with Gasteiger partial charge in [0.2, 0.25) is 0 Å². The van der Waals surface area contributed by atoms with Crippen LogP contribution in [0, 0.1) is 5.41 Å². The molecule has 1 aliphatic carbocycles. The number of rotatable bonds is 3. The first-order valence-electron chi connectivity index (χ1n) is 6.36. The van der Waals surface area contributed by atoms with E-state index >= 15 is 0 Å². The maximum Gasteiger partial charge on any atom is 0.120 e. The Labute approximate surface area is 98.4 Å². The van der Waals surface area contributed by atoms with E-state index in [0.29, 0.717) is 17.5 Å². The molecule has 1 fully saturated rings. The highest BCUT2D eigenvalue weighted by Crippen LogP contribution is 2.35. The fourth-order valence-corrected chi connectivity index (χ4v) is 2.54. The molecule has 1 aliphatic rings. The van der Waals surface area contributed by atoms with Gasteiger partial charge in [0.1, 0.15) is 5.76 Å². The minimum absolute atomic E-state index is 0.334. The first kappa shape index (κ1) is 11.7. The molecule has 2 rings (SSSR count). The average molecular weight is 221 g/mol. The minimum Gasteiger partial charge on any atom is -0.468 e. The van der Waals surface area contributed by atoms with Gasteiger partial charge in [0, 0.05) is 6.04 Å². The molecule has 2 heteroatoms. The Morgan fingerprint density at radius 1 is 1.38 bits per heavy atom. The summed E-state index contributed by atoms with van der Waals surface area (Å²) in [6.45, 7) is 6.93. The molecule has 0 unspecified atom stereocenters. The van der Waals surface area contributed by atoms with E-state index in [4.69, 9.17) is 4.42 Å². The summed E-state index contributed by atoms with van der Waals surface area (Å²) >= 11 is 0. The Balaban J connectivity index is 1.83. The van der Waals surface area contributed by atoms with Crippen molar-refractivity contribution in [2.24, 2.45) is 5.41 Å². The molecule has 16 heavy (non-hydrogen) atoms. The monoisotopic (exact) mass is 221 g/mol. The van der Waals surface area contributed by atoms with Gasteiger partial charge in [0.25, 0.3) is 0 Å². The molecule has 1 N–H and O–H groups in total. The van der Waals surface area contributed by atoms with Gasteiger partial charge in [-0.25, -0.2) is 0 Å². The van der Waals surface area contributed by atoms with Crippen LogP contribution in [-0.2, 0) is 0 Å². The van der Waals surface area contributed by atoms with Gasteiger partial charge in [-0.1, -0.05) is 13.8 Å². The third-order valence-electron chi connectivity index (χ3n) is 3.79. The topological polar surface area (TPSA) is 25.2 Å². The number of nitrogens with one attached hydrogen (secondary N) is 1. The van der Waals surface area contributed by atoms with Gasteiger partial charge in [-0.3, -0.25) is 0 Å². The normalized spacial score (nSPS) is 23.2. The third-order valence-corrected chi connectivity index (χ3v) is 3.79. The van der Waals surface area contributed by atoms with Crippen LogP contribution in [0.3, 0.4) is 0 Å². The molecule has 1 heterocycles. The predicted molar refractivity (Wildman–Crippen MR) is 66.3 cm³/mol. The van der Waals surface area contributed by atoms with Gasteiger partial charge in [0.05, 0.1) is 12.3 Å². The van der Waals surface area contributed by atoms with Crippen molar-refractivity contribution in [3.05, 3.63) is 24.2 Å². The van der Waals surface area contributed by atoms with E-state index in [-0.39, 0.29) is 0 Å². The molecular weight excluding hydrogens is 198 g/mol. The summed E-state index contributed by atoms with van der Waals surface area (Å²) in [7, 11) is 0. The van der Waals surface area contributed by atoms with Crippen molar-refractivity contribution in [2.45, 2.75) is 58.5 Å². The van der Waals surface area contributed by atoms with Crippen molar-refractivity contribution in [2.75, 3.05) is 0 Å². The fourth-order valence-electron chi connectivity index (χ4n) is 2.54. The minimum atomic E-state index is 0.334. The summed E-state index contributed by atoms with van der Waals surface area (Å²) in [4.78, 5) is 0. The van der Waals surface area contributed by atoms with E-state index in [1.165, 1.54) is 25.7 Å². The highest BCUT2D eigenvalue weighted by atomic mass is 16.3. The van der Waals surface area contributed by atoms with Crippen molar-refractivity contribution >= 4 is 0 Å². The summed E-state index contributed by atoms with van der Waals surface area (Å²) in [6, 6.07) is 5.00. The molecule has 1 aromatic rings. The molecule has 0 aromatic carbocycles. The number of hydrogen-bond donors (Lipinski definition) is 1. The molecule has 1 saturated carbocycles. The maximum absolute atomic E-state index is 5.42. The second-order valence-electron chi connectivity index (χ2n) is 5.84. The van der Waals surface area contributed by atoms with Crippen LogP contribution >= 0.6 is 0 Å². The first-order valence-corrected chi connectivity index (χ1v) is 6.36. The summed E-state index contributed by atoms with van der Waals surface area (Å²) in [6.07, 6.45) is 6.98. The predicted octanol–water partition coefficient (Wildman–Crippen LogP) is 3.90. The van der Waals surface area contributed by atoms with Gasteiger partial charge in [-0.15, -0.1) is 0 Å². The summed E-state index contributed by atoms with van der Waals surface area (Å²) in [5.41, 5.74) is 0.548. The number of furan rings is 1. The molecule has 0 saturated heterocycles. The van der Waals surface area contributed by atoms with Crippen molar-refractivity contribution in [3.63, 3.8) is 0 Å². The van der Waals surface area contributed by atoms with Gasteiger partial charge < -0.3 is 9.73 Å². The zero-order valence-corrected chi connectivity index (χ0v) is 10.6. The molecule has 1 aromatic heterocycles. The van der Waals surface area contributed by atoms with Crippen LogP contribution in [-0.4, -0.2) is 6.04 Å². The van der Waals surface area contributed by atoms with Crippen molar-refractivity contribution < 1.29 is 4.42 Å². The van der Waals surface area contributed by atoms with Crippen molar-refractivity contribution in [3.8, 4) is 0 Å². The van der Waals surface area contributed by atoms with Crippen LogP contribution in [0.5, 0.6) is 0 Å². The lowest BCUT2D eigenvalue weighted by atomic mass is 9.75. The highest BCUT2D eigenvalue weighted by molar-refractivity contribution is 5.03. The molecule has 0 amide bonds. The standard InChI is InChI=1S/C14H23NO/c1-11(13-5-4-10-16-13)15-12-6-8-14(2,3)9-7-12/h4-5,10-12,15H,6-9H2,1-3H3/t11-/m0/s1. The van der Waals surface area contributed by atoms with E-state index in [9.17, 15) is 0 Å². The van der Waals surface area contributed by atoms with E-state index in [2.05, 4.69) is 26.1 Å². The zero-order chi connectivity index (χ0) is 11.6. The van der Waals surface area contributed by atoms with E-state index in [1.54, 1.807) is 6.26 Å². The van der Waals surface area contributed by atoms with Gasteiger partial charge in [-0.05, 0) is 50.2 Å². The van der Waals surface area contributed by atoms with Crippen molar-refractivity contribution in [1.82, 2.24) is 5.32 Å². The molecule has 0 aliphatic heterocycles. The largest absolute Gasteiger partial charge is 0.468 e. The molecular formula is C14H23NO. The molecule has 0 bridgehead atoms. The molecule has 0 spiro atoms. The molecule has 90 valence electrons. The number of hydrogen-bond acceptors (Lipinski definition) is 2. The Kier molecular flexibility index (Phi) is 3.38. The van der Waals surface area contributed by atoms with E-state index in [0.717, 1.165) is 5.76 Å². The fraction of sp³-hybridized carbons (Fsp3) is 0.714. The average Bonchev–Trinajstić information content (AvgIpc) is 2.74. The van der Waals surface area contributed by atoms with Crippen LogP contribution in [0.15, 0.2) is 22.8 Å². The zero-order valence-electron chi connectivity index (χ0n) is 10.6. The Bertz CT molecular complexity index is 305. The summed E-state index contributed by atoms with van der Waals surface area (Å²) in [5.74, 6) is 1.05. The van der Waals surface area contributed by atoms with Gasteiger partial charge >= 0.3 is 0 Å². The molecule has 0 radical (unpaired) electrons. The maximum atomic E-state index is 5.42. The van der Waals surface area contributed by atoms with Crippen LogP contribution in [0.1, 0.15) is 58.3 Å². The Hall–Kier alpha value is -0.760. The molecule has 1 atom stereocenters. The van der Waals surface area contributed by atoms with Crippen molar-refractivity contribution in [1.29, 1.82) is 0 Å². The second-order valence-corrected chi connectivity index (χ2v) is 5.84. The van der Waals surface area contributed by atoms with Gasteiger partial charge in [0.15, 0.2) is 0 Å². The lowest BCUT2D eigenvalue weighted by molar-refractivity contribution is 0.196. The van der Waals surface area contributed by atoms with Crippen LogP contribution in [0.25, 0.3) is 0 Å². The Morgan fingerprint density at radius 3 is 2.62 bits per heavy atom. The molecule has 2 nitrogen and oxygen atoms in total. The van der Waals surface area contributed by atoms with Gasteiger partial charge in [-0.2, -0.15) is 0 Å². The van der Waals surface area contributed by atoms with E-state index in [1.807, 2.05) is 12.1 Å². The smallest absolute Gasteiger partial charge is 0.120 e. The second kappa shape index (κ2) is 4.62. The SMILES string of the molecule is C[C@H](NC1CCC(C)(C)CC1)c1ccco1. The first-order chi connectivity index (χ1) is 7.57. The lowest BCUT2D eigenvalue weighted by Crippen LogP contribution is -2.36. The lowest BCUT2D eigenvalue weighted by Gasteiger charge is -2.35. The summed E-state index contributed by atoms with van der Waals surface area (Å²) in [5, 5.41) is 3.67. The quantitative estimate of drug-likeness (QED) is 0.837. The van der Waals surface area contributed by atoms with Crippen LogP contribution in [0.2, 0.25) is 0 Å². The van der Waals surface area contributed by atoms with Crippen LogP contribution < -0.4 is 5.32 Å².